The molecule has 8 nitrogen and oxygen atoms in total. The number of phenols is 1. The summed E-state index contributed by atoms with van der Waals surface area (Å²) in [7, 11) is 2.86. The summed E-state index contributed by atoms with van der Waals surface area (Å²) in [4.78, 5) is 11.3. The lowest BCUT2D eigenvalue weighted by Gasteiger charge is -2.16. The normalized spacial score (nSPS) is 11.7. The first-order valence-corrected chi connectivity index (χ1v) is 5.87. The van der Waals surface area contributed by atoms with Crippen LogP contribution in [0.2, 0.25) is 0 Å². The highest BCUT2D eigenvalue weighted by Gasteiger charge is 2.14. The Kier molecular flexibility index (Phi) is 6.16. The van der Waals surface area contributed by atoms with Crippen LogP contribution in [0.1, 0.15) is 5.56 Å². The molecule has 0 aliphatic heterocycles. The zero-order chi connectivity index (χ0) is 15.1. The fourth-order valence-electron chi connectivity index (χ4n) is 1.56. The minimum atomic E-state index is -0.987. The molecule has 0 aromatic heterocycles. The lowest BCUT2D eigenvalue weighted by Crippen LogP contribution is -2.48. The molecular weight excluding hydrogens is 264 g/mol. The lowest BCUT2D eigenvalue weighted by atomic mass is 10.1. The largest absolute Gasteiger partial charge is 0.565 e. The van der Waals surface area contributed by atoms with Gasteiger partial charge in [0.25, 0.3) is 5.91 Å². The number of hydrogen-bond donors (Lipinski definition) is 5. The first-order valence-electron chi connectivity index (χ1n) is 5.87. The predicted octanol–water partition coefficient (Wildman–Crippen LogP) is -3.31. The van der Waals surface area contributed by atoms with Gasteiger partial charge in [0.05, 0.1) is 6.61 Å². The average molecular weight is 281 g/mol. The summed E-state index contributed by atoms with van der Waals surface area (Å²) in [6.45, 7) is -0.215. The number of carbonyl (C=O) groups is 1. The monoisotopic (exact) mass is 281 g/mol. The van der Waals surface area contributed by atoms with Crippen LogP contribution in [0.15, 0.2) is 12.1 Å². The van der Waals surface area contributed by atoms with Crippen molar-refractivity contribution in [3.8, 4) is 17.2 Å². The van der Waals surface area contributed by atoms with Crippen LogP contribution < -0.4 is 25.9 Å². The maximum atomic E-state index is 11.3. The molecule has 0 saturated carbocycles. The van der Waals surface area contributed by atoms with Gasteiger partial charge in [-0.25, -0.2) is 5.43 Å². The quantitative estimate of drug-likeness (QED) is 0.261. The van der Waals surface area contributed by atoms with E-state index in [1.807, 2.05) is 0 Å². The summed E-state index contributed by atoms with van der Waals surface area (Å²) < 4.78 is 10.2. The molecule has 20 heavy (non-hydrogen) atoms. The number of carbonyl (C=O) groups excluding carboxylic acids is 1. The summed E-state index contributed by atoms with van der Waals surface area (Å²) in [5, 5.41) is 18.4. The Hall–Kier alpha value is -1.90. The topological polar surface area (TPSA) is 126 Å². The van der Waals surface area contributed by atoms with Crippen molar-refractivity contribution in [3.05, 3.63) is 17.7 Å². The third-order valence-corrected chi connectivity index (χ3v) is 2.61. The Balaban J connectivity index is 2.71. The number of nitrogens with two attached hydrogens (primary N) is 1. The van der Waals surface area contributed by atoms with Crippen molar-refractivity contribution < 1.29 is 24.3 Å². The van der Waals surface area contributed by atoms with Crippen LogP contribution in [0, 0.1) is 0 Å². The molecule has 6 N–H and O–H groups in total. The SMILES string of the molecule is BOc1c(O)ccc(CNNC(=O)C(N)CO)c1OB. The van der Waals surface area contributed by atoms with E-state index in [9.17, 15) is 9.90 Å². The van der Waals surface area contributed by atoms with Crippen LogP contribution in [0.4, 0.5) is 0 Å². The van der Waals surface area contributed by atoms with Gasteiger partial charge in [0, 0.05) is 12.1 Å². The number of aromatic hydroxyl groups is 1. The Bertz CT molecular complexity index is 474. The van der Waals surface area contributed by atoms with Crippen LogP contribution in [0.5, 0.6) is 17.2 Å². The molecule has 10 heteroatoms. The molecule has 1 atom stereocenters. The van der Waals surface area contributed by atoms with E-state index in [1.165, 1.54) is 22.2 Å². The fraction of sp³-hybridized carbons (Fsp3) is 0.300. The molecule has 0 fully saturated rings. The van der Waals surface area contributed by atoms with Crippen molar-refractivity contribution in [3.63, 3.8) is 0 Å². The number of benzene rings is 1. The summed E-state index contributed by atoms with van der Waals surface area (Å²) in [6, 6.07) is 2.10. The molecule has 0 aliphatic rings. The number of hydrogen-bond acceptors (Lipinski definition) is 7. The number of nitrogens with one attached hydrogen (secondary N) is 2. The highest BCUT2D eigenvalue weighted by molar-refractivity contribution is 6.02. The van der Waals surface area contributed by atoms with Crippen molar-refractivity contribution >= 4 is 22.0 Å². The highest BCUT2D eigenvalue weighted by Crippen LogP contribution is 2.38. The lowest BCUT2D eigenvalue weighted by molar-refractivity contribution is -0.124. The first-order chi connectivity index (χ1) is 9.54. The molecule has 1 rings (SSSR count). The van der Waals surface area contributed by atoms with E-state index in [0.717, 1.165) is 0 Å². The van der Waals surface area contributed by atoms with E-state index >= 15 is 0 Å². The van der Waals surface area contributed by atoms with Gasteiger partial charge in [0.1, 0.15) is 11.8 Å². The van der Waals surface area contributed by atoms with E-state index in [2.05, 4.69) is 10.9 Å². The van der Waals surface area contributed by atoms with Crippen molar-refractivity contribution in [1.82, 2.24) is 10.9 Å². The summed E-state index contributed by atoms with van der Waals surface area (Å²) in [6.07, 6.45) is 0. The maximum Gasteiger partial charge on any atom is 0.322 e. The van der Waals surface area contributed by atoms with Gasteiger partial charge in [-0.2, -0.15) is 0 Å². The zero-order valence-corrected chi connectivity index (χ0v) is 11.3. The Morgan fingerprint density at radius 2 is 2.00 bits per heavy atom. The molecule has 108 valence electrons. The number of aliphatic hydroxyl groups excluding tert-OH is 1. The number of hydrazine groups is 1. The molecule has 0 bridgehead atoms. The second-order valence-electron chi connectivity index (χ2n) is 3.94. The van der Waals surface area contributed by atoms with E-state index in [-0.39, 0.29) is 18.0 Å². The van der Waals surface area contributed by atoms with Crippen LogP contribution in [0.3, 0.4) is 0 Å². The minimum absolute atomic E-state index is 0.0422. The molecule has 0 spiro atoms. The molecule has 0 aliphatic carbocycles. The van der Waals surface area contributed by atoms with Gasteiger partial charge < -0.3 is 25.3 Å². The van der Waals surface area contributed by atoms with Crippen LogP contribution >= 0.6 is 0 Å². The smallest absolute Gasteiger partial charge is 0.322 e. The average Bonchev–Trinajstić information content (AvgIpc) is 2.46. The van der Waals surface area contributed by atoms with Crippen molar-refractivity contribution in [1.29, 1.82) is 0 Å². The molecule has 0 saturated heterocycles. The van der Waals surface area contributed by atoms with Crippen molar-refractivity contribution in [2.75, 3.05) is 6.61 Å². The third-order valence-electron chi connectivity index (χ3n) is 2.61. The Labute approximate surface area is 118 Å². The molecule has 0 heterocycles. The molecule has 1 amide bonds. The summed E-state index contributed by atoms with van der Waals surface area (Å²) >= 11 is 0. The van der Waals surface area contributed by atoms with Gasteiger partial charge in [-0.3, -0.25) is 10.2 Å². The van der Waals surface area contributed by atoms with E-state index in [4.69, 9.17) is 20.1 Å². The summed E-state index contributed by atoms with van der Waals surface area (Å²) in [5.74, 6) is 0.00235. The highest BCUT2D eigenvalue weighted by atomic mass is 16.5. The van der Waals surface area contributed by atoms with E-state index in [0.29, 0.717) is 11.3 Å². The number of amides is 1. The molecule has 1 aromatic carbocycles. The minimum Gasteiger partial charge on any atom is -0.565 e. The second kappa shape index (κ2) is 7.63. The number of aliphatic hydroxyl groups is 1. The van der Waals surface area contributed by atoms with Crippen LogP contribution in [-0.2, 0) is 11.3 Å². The van der Waals surface area contributed by atoms with Gasteiger partial charge in [-0.1, -0.05) is 6.07 Å². The zero-order valence-electron chi connectivity index (χ0n) is 11.3. The van der Waals surface area contributed by atoms with Crippen molar-refractivity contribution in [2.45, 2.75) is 12.6 Å². The van der Waals surface area contributed by atoms with E-state index < -0.39 is 18.6 Å². The van der Waals surface area contributed by atoms with Gasteiger partial charge in [0.2, 0.25) is 0 Å². The summed E-state index contributed by atoms with van der Waals surface area (Å²) in [5.41, 5.74) is 11.0. The van der Waals surface area contributed by atoms with E-state index in [1.54, 1.807) is 6.07 Å². The van der Waals surface area contributed by atoms with Crippen molar-refractivity contribution in [2.24, 2.45) is 5.73 Å². The number of phenolic OH excluding ortho intramolecular Hbond substituents is 1. The Morgan fingerprint density at radius 1 is 1.35 bits per heavy atom. The third kappa shape index (κ3) is 3.80. The molecular formula is C10H17B2N3O5. The Morgan fingerprint density at radius 3 is 2.55 bits per heavy atom. The first kappa shape index (κ1) is 16.2. The fourth-order valence-corrected chi connectivity index (χ4v) is 1.56. The van der Waals surface area contributed by atoms with Gasteiger partial charge in [0.15, 0.2) is 11.5 Å². The van der Waals surface area contributed by atoms with Gasteiger partial charge in [-0.05, 0) is 6.07 Å². The van der Waals surface area contributed by atoms with Gasteiger partial charge in [-0.15, -0.1) is 0 Å². The molecule has 1 aromatic rings. The van der Waals surface area contributed by atoms with Gasteiger partial charge >= 0.3 is 16.1 Å². The van der Waals surface area contributed by atoms with Crippen LogP contribution in [0.25, 0.3) is 0 Å². The van der Waals surface area contributed by atoms with Crippen LogP contribution in [-0.4, -0.2) is 44.9 Å². The molecule has 1 unspecified atom stereocenters. The molecule has 0 radical (unpaired) electrons. The predicted molar refractivity (Wildman–Crippen MR) is 76.5 cm³/mol. The maximum absolute atomic E-state index is 11.3. The number of rotatable bonds is 7. The second-order valence-corrected chi connectivity index (χ2v) is 3.94. The standard InChI is InChI=1S/C10H17B2N3O5/c11-19-8-5(1-2-7(17)9(8)20-12)3-14-15-10(18)6(13)4-16/h1-2,6,14,16-17H,3-4,11-13H2,(H,15,18).